The molecule has 1 aliphatic heterocycles. The van der Waals surface area contributed by atoms with Gasteiger partial charge in [0.05, 0.1) is 5.41 Å². The average molecular weight is 378 g/mol. The van der Waals surface area contributed by atoms with E-state index in [0.717, 1.165) is 16.4 Å². The van der Waals surface area contributed by atoms with Gasteiger partial charge in [-0.15, -0.1) is 0 Å². The first-order valence-corrected chi connectivity index (χ1v) is 9.32. The van der Waals surface area contributed by atoms with E-state index >= 15 is 0 Å². The molecule has 132 valence electrons. The molecule has 0 bridgehead atoms. The fraction of sp³-hybridized carbons (Fsp3) is 0.375. The van der Waals surface area contributed by atoms with Crippen LogP contribution in [-0.2, 0) is 4.79 Å². The fourth-order valence-corrected chi connectivity index (χ4v) is 3.90. The van der Waals surface area contributed by atoms with E-state index in [1.165, 1.54) is 22.2 Å². The lowest BCUT2D eigenvalue weighted by atomic mass is 9.90. The number of carbonyl (C=O) groups is 2. The topological polar surface area (TPSA) is 95.4 Å². The molecular weight excluding hydrogens is 360 g/mol. The lowest BCUT2D eigenvalue weighted by molar-refractivity contribution is -0.146. The molecule has 9 heteroatoms. The van der Waals surface area contributed by atoms with Crippen molar-refractivity contribution < 1.29 is 14.7 Å². The number of anilines is 1. The summed E-state index contributed by atoms with van der Waals surface area (Å²) in [5.74, 6) is -0.879. The van der Waals surface area contributed by atoms with Gasteiger partial charge in [0, 0.05) is 29.5 Å². The van der Waals surface area contributed by atoms with Crippen molar-refractivity contribution in [2.45, 2.75) is 30.3 Å². The van der Waals surface area contributed by atoms with Crippen LogP contribution in [-0.4, -0.2) is 44.5 Å². The molecule has 1 unspecified atom stereocenters. The van der Waals surface area contributed by atoms with Crippen LogP contribution in [0.4, 0.5) is 9.93 Å². The van der Waals surface area contributed by atoms with Crippen LogP contribution in [0, 0.1) is 12.3 Å². The van der Waals surface area contributed by atoms with Gasteiger partial charge in [-0.25, -0.2) is 4.79 Å². The van der Waals surface area contributed by atoms with Gasteiger partial charge >= 0.3 is 12.0 Å². The molecule has 1 atom stereocenters. The SMILES string of the molecule is Cc1ccc(Sc2nsc(NC(=O)N3CCC(C)(C(=O)O)C3)n2)cc1. The maximum Gasteiger partial charge on any atom is 0.323 e. The summed E-state index contributed by atoms with van der Waals surface area (Å²) in [4.78, 5) is 30.4. The highest BCUT2D eigenvalue weighted by molar-refractivity contribution is 7.99. The van der Waals surface area contributed by atoms with Crippen molar-refractivity contribution in [3.8, 4) is 0 Å². The number of nitrogens with zero attached hydrogens (tertiary/aromatic N) is 3. The molecule has 1 aromatic carbocycles. The maximum absolute atomic E-state index is 12.3. The van der Waals surface area contributed by atoms with E-state index in [1.54, 1.807) is 6.92 Å². The lowest BCUT2D eigenvalue weighted by Gasteiger charge is -2.19. The minimum atomic E-state index is -0.884. The zero-order valence-corrected chi connectivity index (χ0v) is 15.5. The molecule has 1 aromatic heterocycles. The molecule has 0 aliphatic carbocycles. The number of rotatable bonds is 4. The Morgan fingerprint density at radius 3 is 2.72 bits per heavy atom. The Morgan fingerprint density at radius 1 is 1.36 bits per heavy atom. The molecule has 1 saturated heterocycles. The molecule has 1 aliphatic rings. The number of carbonyl (C=O) groups excluding carboxylic acids is 1. The summed E-state index contributed by atoms with van der Waals surface area (Å²) in [5.41, 5.74) is 0.299. The number of aryl methyl sites for hydroxylation is 1. The number of nitrogens with one attached hydrogen (secondary N) is 1. The third kappa shape index (κ3) is 4.10. The van der Waals surface area contributed by atoms with E-state index in [9.17, 15) is 14.7 Å². The summed E-state index contributed by atoms with van der Waals surface area (Å²) >= 11 is 2.53. The number of aliphatic carboxylic acids is 1. The Bertz CT molecular complexity index is 793. The zero-order chi connectivity index (χ0) is 18.0. The van der Waals surface area contributed by atoms with E-state index in [1.807, 2.05) is 31.2 Å². The van der Waals surface area contributed by atoms with Gasteiger partial charge in [-0.05, 0) is 44.2 Å². The first kappa shape index (κ1) is 17.7. The predicted octanol–water partition coefficient (Wildman–Crippen LogP) is 3.33. The van der Waals surface area contributed by atoms with Crippen LogP contribution >= 0.6 is 23.3 Å². The Morgan fingerprint density at radius 2 is 2.08 bits per heavy atom. The summed E-state index contributed by atoms with van der Waals surface area (Å²) in [7, 11) is 0. The van der Waals surface area contributed by atoms with Crippen LogP contribution in [0.2, 0.25) is 0 Å². The standard InChI is InChI=1S/C16H18N4O3S2/c1-10-3-5-11(6-4-10)24-14-17-13(25-19-14)18-15(23)20-8-7-16(2,9-20)12(21)22/h3-6H,7-9H2,1-2H3,(H,21,22)(H,17,18,19,23). The molecular formula is C16H18N4O3S2. The second-order valence-corrected chi connectivity index (χ2v) is 8.06. The first-order chi connectivity index (χ1) is 11.9. The zero-order valence-electron chi connectivity index (χ0n) is 13.9. The number of amides is 2. The van der Waals surface area contributed by atoms with Crippen molar-refractivity contribution >= 4 is 40.4 Å². The van der Waals surface area contributed by atoms with Gasteiger partial charge in [0.15, 0.2) is 0 Å². The molecule has 0 saturated carbocycles. The summed E-state index contributed by atoms with van der Waals surface area (Å²) in [6.45, 7) is 4.29. The van der Waals surface area contributed by atoms with Crippen LogP contribution in [0.5, 0.6) is 0 Å². The number of carboxylic acids is 1. The number of urea groups is 1. The van der Waals surface area contributed by atoms with Gasteiger partial charge < -0.3 is 10.0 Å². The van der Waals surface area contributed by atoms with E-state index in [0.29, 0.717) is 23.3 Å². The monoisotopic (exact) mass is 378 g/mol. The van der Waals surface area contributed by atoms with Crippen LogP contribution in [0.25, 0.3) is 0 Å². The normalized spacial score (nSPS) is 19.8. The Hall–Kier alpha value is -2.13. The third-order valence-corrected chi connectivity index (χ3v) is 5.75. The van der Waals surface area contributed by atoms with Crippen LogP contribution < -0.4 is 5.32 Å². The highest BCUT2D eigenvalue weighted by atomic mass is 32.2. The summed E-state index contributed by atoms with van der Waals surface area (Å²) in [6.07, 6.45) is 0.445. The number of hydrogen-bond donors (Lipinski definition) is 2. The molecule has 25 heavy (non-hydrogen) atoms. The Labute approximate surface area is 153 Å². The van der Waals surface area contributed by atoms with Crippen molar-refractivity contribution in [1.29, 1.82) is 0 Å². The van der Waals surface area contributed by atoms with Crippen molar-refractivity contribution in [3.05, 3.63) is 29.8 Å². The second-order valence-electron chi connectivity index (χ2n) is 6.26. The summed E-state index contributed by atoms with van der Waals surface area (Å²) in [5, 5.41) is 12.9. The third-order valence-electron chi connectivity index (χ3n) is 4.13. The van der Waals surface area contributed by atoms with Gasteiger partial charge in [-0.1, -0.05) is 17.7 Å². The molecule has 7 nitrogen and oxygen atoms in total. The number of aromatic nitrogens is 2. The Balaban J connectivity index is 1.59. The van der Waals surface area contributed by atoms with E-state index < -0.39 is 11.4 Å². The minimum absolute atomic E-state index is 0.192. The number of hydrogen-bond acceptors (Lipinski definition) is 6. The molecule has 2 N–H and O–H groups in total. The summed E-state index contributed by atoms with van der Waals surface area (Å²) in [6, 6.07) is 7.69. The molecule has 3 rings (SSSR count). The minimum Gasteiger partial charge on any atom is -0.481 e. The molecule has 2 heterocycles. The van der Waals surface area contributed by atoms with E-state index in [4.69, 9.17) is 0 Å². The lowest BCUT2D eigenvalue weighted by Crippen LogP contribution is -2.37. The van der Waals surface area contributed by atoms with Gasteiger partial charge in [0.2, 0.25) is 10.3 Å². The quantitative estimate of drug-likeness (QED) is 0.847. The highest BCUT2D eigenvalue weighted by Gasteiger charge is 2.42. The van der Waals surface area contributed by atoms with Gasteiger partial charge in [0.1, 0.15) is 0 Å². The fourth-order valence-electron chi connectivity index (χ4n) is 2.49. The number of benzene rings is 1. The first-order valence-electron chi connectivity index (χ1n) is 7.73. The van der Waals surface area contributed by atoms with Gasteiger partial charge in [-0.3, -0.25) is 10.1 Å². The second kappa shape index (κ2) is 7.01. The average Bonchev–Trinajstić information content (AvgIpc) is 3.17. The maximum atomic E-state index is 12.3. The van der Waals surface area contributed by atoms with Crippen molar-refractivity contribution in [1.82, 2.24) is 14.3 Å². The largest absolute Gasteiger partial charge is 0.481 e. The predicted molar refractivity (Wildman–Crippen MR) is 96.2 cm³/mol. The molecule has 2 aromatic rings. The van der Waals surface area contributed by atoms with Crippen molar-refractivity contribution in [2.24, 2.45) is 5.41 Å². The van der Waals surface area contributed by atoms with Crippen molar-refractivity contribution in [3.63, 3.8) is 0 Å². The van der Waals surface area contributed by atoms with Crippen molar-refractivity contribution in [2.75, 3.05) is 18.4 Å². The van der Waals surface area contributed by atoms with Crippen LogP contribution in [0.3, 0.4) is 0 Å². The van der Waals surface area contributed by atoms with Crippen LogP contribution in [0.1, 0.15) is 18.9 Å². The molecule has 1 fully saturated rings. The summed E-state index contributed by atoms with van der Waals surface area (Å²) < 4.78 is 4.24. The Kier molecular flexibility index (Phi) is 4.96. The number of carboxylic acid groups (broad SMARTS) is 1. The van der Waals surface area contributed by atoms with E-state index in [-0.39, 0.29) is 12.6 Å². The molecule has 2 amide bonds. The van der Waals surface area contributed by atoms with Gasteiger partial charge in [-0.2, -0.15) is 9.36 Å². The van der Waals surface area contributed by atoms with Gasteiger partial charge in [0.25, 0.3) is 0 Å². The molecule has 0 spiro atoms. The van der Waals surface area contributed by atoms with Crippen LogP contribution in [0.15, 0.2) is 34.3 Å². The van der Waals surface area contributed by atoms with E-state index in [2.05, 4.69) is 14.7 Å². The highest BCUT2D eigenvalue weighted by Crippen LogP contribution is 2.31. The molecule has 0 radical (unpaired) electrons. The smallest absolute Gasteiger partial charge is 0.323 e. The number of likely N-dealkylation sites (tertiary alicyclic amines) is 1.